The van der Waals surface area contributed by atoms with Gasteiger partial charge in [-0.25, -0.2) is 0 Å². The third-order valence-electron chi connectivity index (χ3n) is 4.23. The van der Waals surface area contributed by atoms with Crippen LogP contribution in [0.2, 0.25) is 0 Å². The molecular weight excluding hydrogens is 338 g/mol. The van der Waals surface area contributed by atoms with Crippen LogP contribution in [-0.4, -0.2) is 43.2 Å². The zero-order chi connectivity index (χ0) is 17.6. The van der Waals surface area contributed by atoms with E-state index in [-0.39, 0.29) is 19.2 Å². The standard InChI is InChI=1S/C18H21N3O3S/c22-10-8-19-17(23)18(24)20-12-15(16-6-3-11-25-16)21-9-7-13-4-1-2-5-14(13)21/h1-6,11,15,22H,7-10,12H2,(H,19,23)(H,20,24)/t15-/m0/s1. The average Bonchev–Trinajstić information content (AvgIpc) is 3.30. The van der Waals surface area contributed by atoms with E-state index in [1.54, 1.807) is 11.3 Å². The Balaban J connectivity index is 1.72. The highest BCUT2D eigenvalue weighted by Gasteiger charge is 2.28. The highest BCUT2D eigenvalue weighted by Crippen LogP contribution is 2.36. The zero-order valence-electron chi connectivity index (χ0n) is 13.8. The van der Waals surface area contributed by atoms with Gasteiger partial charge in [-0.3, -0.25) is 9.59 Å². The summed E-state index contributed by atoms with van der Waals surface area (Å²) in [6, 6.07) is 12.3. The van der Waals surface area contributed by atoms with Crippen molar-refractivity contribution < 1.29 is 14.7 Å². The van der Waals surface area contributed by atoms with Gasteiger partial charge in [0.25, 0.3) is 0 Å². The predicted molar refractivity (Wildman–Crippen MR) is 97.7 cm³/mol. The highest BCUT2D eigenvalue weighted by atomic mass is 32.1. The molecule has 1 atom stereocenters. The molecule has 25 heavy (non-hydrogen) atoms. The van der Waals surface area contributed by atoms with Gasteiger partial charge in [0.05, 0.1) is 12.6 Å². The van der Waals surface area contributed by atoms with Gasteiger partial charge in [0.2, 0.25) is 0 Å². The van der Waals surface area contributed by atoms with Gasteiger partial charge in [0.15, 0.2) is 0 Å². The minimum Gasteiger partial charge on any atom is -0.395 e. The lowest BCUT2D eigenvalue weighted by Crippen LogP contribution is -2.44. The summed E-state index contributed by atoms with van der Waals surface area (Å²) in [6.07, 6.45) is 0.975. The van der Waals surface area contributed by atoms with E-state index in [9.17, 15) is 9.59 Å². The lowest BCUT2D eigenvalue weighted by atomic mass is 10.1. The Hall–Kier alpha value is -2.38. The number of aliphatic hydroxyl groups is 1. The van der Waals surface area contributed by atoms with Crippen LogP contribution in [0.25, 0.3) is 0 Å². The smallest absolute Gasteiger partial charge is 0.309 e. The zero-order valence-corrected chi connectivity index (χ0v) is 14.6. The van der Waals surface area contributed by atoms with Crippen LogP contribution in [0.15, 0.2) is 41.8 Å². The summed E-state index contributed by atoms with van der Waals surface area (Å²) in [5.74, 6) is -1.40. The molecule has 7 heteroatoms. The van der Waals surface area contributed by atoms with E-state index in [1.165, 1.54) is 11.3 Å². The number of para-hydroxylation sites is 1. The van der Waals surface area contributed by atoms with Crippen molar-refractivity contribution in [3.05, 3.63) is 52.2 Å². The lowest BCUT2D eigenvalue weighted by Gasteiger charge is -2.30. The topological polar surface area (TPSA) is 81.7 Å². The molecule has 0 spiro atoms. The monoisotopic (exact) mass is 359 g/mol. The fourth-order valence-electron chi connectivity index (χ4n) is 3.05. The van der Waals surface area contributed by atoms with Crippen LogP contribution < -0.4 is 15.5 Å². The van der Waals surface area contributed by atoms with Crippen molar-refractivity contribution in [1.82, 2.24) is 10.6 Å². The minimum atomic E-state index is -0.721. The molecule has 0 bridgehead atoms. The van der Waals surface area contributed by atoms with Crippen LogP contribution in [0, 0.1) is 0 Å². The normalized spacial score (nSPS) is 14.0. The number of hydrogen-bond acceptors (Lipinski definition) is 5. The van der Waals surface area contributed by atoms with Crippen molar-refractivity contribution >= 4 is 28.8 Å². The van der Waals surface area contributed by atoms with E-state index in [4.69, 9.17) is 5.11 Å². The number of anilines is 1. The number of thiophene rings is 1. The van der Waals surface area contributed by atoms with Gasteiger partial charge in [-0.1, -0.05) is 24.3 Å². The van der Waals surface area contributed by atoms with E-state index in [2.05, 4.69) is 27.7 Å². The van der Waals surface area contributed by atoms with Crippen LogP contribution in [0.3, 0.4) is 0 Å². The van der Waals surface area contributed by atoms with E-state index in [1.807, 2.05) is 29.6 Å². The SMILES string of the molecule is O=C(NCCO)C(=O)NC[C@@H](c1cccs1)N1CCc2ccccc21. The van der Waals surface area contributed by atoms with E-state index < -0.39 is 11.8 Å². The Labute approximate surface area is 150 Å². The summed E-state index contributed by atoms with van der Waals surface area (Å²) < 4.78 is 0. The largest absolute Gasteiger partial charge is 0.395 e. The molecule has 0 saturated carbocycles. The number of hydrogen-bond donors (Lipinski definition) is 3. The first kappa shape index (κ1) is 17.4. The van der Waals surface area contributed by atoms with Gasteiger partial charge in [-0.05, 0) is 29.5 Å². The number of nitrogens with zero attached hydrogens (tertiary/aromatic N) is 1. The Kier molecular flexibility index (Phi) is 5.67. The predicted octanol–water partition coefficient (Wildman–Crippen LogP) is 1.08. The molecule has 2 heterocycles. The molecule has 1 aromatic carbocycles. The number of nitrogens with one attached hydrogen (secondary N) is 2. The Morgan fingerprint density at radius 1 is 1.16 bits per heavy atom. The Bertz CT molecular complexity index is 733. The molecule has 3 N–H and O–H groups in total. The van der Waals surface area contributed by atoms with Crippen molar-refractivity contribution in [3.63, 3.8) is 0 Å². The second-order valence-corrected chi connectivity index (χ2v) is 6.77. The van der Waals surface area contributed by atoms with Crippen LogP contribution in [0.4, 0.5) is 5.69 Å². The maximum atomic E-state index is 12.0. The van der Waals surface area contributed by atoms with Gasteiger partial charge >= 0.3 is 11.8 Å². The molecule has 0 radical (unpaired) electrons. The third-order valence-corrected chi connectivity index (χ3v) is 5.20. The van der Waals surface area contributed by atoms with Gasteiger partial charge in [0.1, 0.15) is 0 Å². The molecule has 1 aliphatic heterocycles. The second-order valence-electron chi connectivity index (χ2n) is 5.79. The first-order valence-electron chi connectivity index (χ1n) is 8.25. The molecule has 3 rings (SSSR count). The van der Waals surface area contributed by atoms with Crippen molar-refractivity contribution in [2.24, 2.45) is 0 Å². The van der Waals surface area contributed by atoms with Crippen LogP contribution in [-0.2, 0) is 16.0 Å². The summed E-state index contributed by atoms with van der Waals surface area (Å²) in [4.78, 5) is 27.1. The Morgan fingerprint density at radius 3 is 2.72 bits per heavy atom. The van der Waals surface area contributed by atoms with Crippen molar-refractivity contribution in [3.8, 4) is 0 Å². The molecule has 0 aliphatic carbocycles. The quantitative estimate of drug-likeness (QED) is 0.674. The summed E-state index contributed by atoms with van der Waals surface area (Å²) in [5.41, 5.74) is 2.48. The molecule has 0 unspecified atom stereocenters. The summed E-state index contributed by atoms with van der Waals surface area (Å²) in [6.45, 7) is 1.11. The second kappa shape index (κ2) is 8.13. The number of rotatable bonds is 6. The maximum Gasteiger partial charge on any atom is 0.309 e. The summed E-state index contributed by atoms with van der Waals surface area (Å²) in [5, 5.41) is 15.8. The Morgan fingerprint density at radius 2 is 1.96 bits per heavy atom. The van der Waals surface area contributed by atoms with E-state index in [0.717, 1.165) is 17.8 Å². The average molecular weight is 359 g/mol. The van der Waals surface area contributed by atoms with Crippen molar-refractivity contribution in [2.75, 3.05) is 31.1 Å². The lowest BCUT2D eigenvalue weighted by molar-refractivity contribution is -0.139. The molecule has 6 nitrogen and oxygen atoms in total. The molecule has 132 valence electrons. The number of benzene rings is 1. The van der Waals surface area contributed by atoms with Gasteiger partial charge in [-0.15, -0.1) is 11.3 Å². The molecule has 0 fully saturated rings. The van der Waals surface area contributed by atoms with Gasteiger partial charge < -0.3 is 20.6 Å². The van der Waals surface area contributed by atoms with Gasteiger partial charge in [0, 0.05) is 30.2 Å². The number of aliphatic hydroxyl groups excluding tert-OH is 1. The molecule has 2 amide bonds. The highest BCUT2D eigenvalue weighted by molar-refractivity contribution is 7.10. The molecular formula is C18H21N3O3S. The van der Waals surface area contributed by atoms with Crippen LogP contribution >= 0.6 is 11.3 Å². The number of carbonyl (C=O) groups excluding carboxylic acids is 2. The first-order valence-corrected chi connectivity index (χ1v) is 9.13. The number of amides is 2. The fraction of sp³-hybridized carbons (Fsp3) is 0.333. The summed E-state index contributed by atoms with van der Waals surface area (Å²) >= 11 is 1.64. The maximum absolute atomic E-state index is 12.0. The van der Waals surface area contributed by atoms with Crippen molar-refractivity contribution in [2.45, 2.75) is 12.5 Å². The summed E-state index contributed by atoms with van der Waals surface area (Å²) in [7, 11) is 0. The first-order chi connectivity index (χ1) is 12.2. The molecule has 1 aliphatic rings. The minimum absolute atomic E-state index is 0.0155. The molecule has 0 saturated heterocycles. The third kappa shape index (κ3) is 4.00. The molecule has 1 aromatic heterocycles. The van der Waals surface area contributed by atoms with Crippen molar-refractivity contribution in [1.29, 1.82) is 0 Å². The number of fused-ring (bicyclic) bond motifs is 1. The van der Waals surface area contributed by atoms with Crippen LogP contribution in [0.5, 0.6) is 0 Å². The van der Waals surface area contributed by atoms with E-state index >= 15 is 0 Å². The molecule has 2 aromatic rings. The van der Waals surface area contributed by atoms with Crippen LogP contribution in [0.1, 0.15) is 16.5 Å². The van der Waals surface area contributed by atoms with E-state index in [0.29, 0.717) is 6.54 Å². The number of carbonyl (C=O) groups is 2. The fourth-order valence-corrected chi connectivity index (χ4v) is 3.89. The van der Waals surface area contributed by atoms with Gasteiger partial charge in [-0.2, -0.15) is 0 Å².